The number of hydrogen-bond donors (Lipinski definition) is 1. The number of rotatable bonds is 5. The minimum Gasteiger partial charge on any atom is -0.497 e. The first kappa shape index (κ1) is 17.8. The van der Waals surface area contributed by atoms with Crippen LogP contribution in [0.25, 0.3) is 28.7 Å². The molecule has 0 fully saturated rings. The molecule has 142 valence electrons. The molecule has 4 aromatic rings. The first-order valence-electron chi connectivity index (χ1n) is 8.13. The van der Waals surface area contributed by atoms with Gasteiger partial charge in [0.05, 0.1) is 19.9 Å². The van der Waals surface area contributed by atoms with E-state index in [1.165, 1.54) is 4.68 Å². The van der Waals surface area contributed by atoms with Gasteiger partial charge in [0.25, 0.3) is 5.89 Å². The van der Waals surface area contributed by atoms with E-state index in [9.17, 15) is 0 Å². The lowest BCUT2D eigenvalue weighted by molar-refractivity contribution is 0.394. The molecule has 28 heavy (non-hydrogen) atoms. The standard InChI is InChI=1S/C18H15ClN6O3/c1-26-13-7-12(8-14(9-13)27-2)25-16(20)15(22-24-25)18-21-17(23-28-18)10-3-5-11(19)6-4-10/h3-9H,20H2,1-2H3. The molecular formula is C18H15ClN6O3. The van der Waals surface area contributed by atoms with Crippen LogP contribution >= 0.6 is 11.6 Å². The minimum atomic E-state index is 0.156. The van der Waals surface area contributed by atoms with Gasteiger partial charge >= 0.3 is 0 Å². The maximum atomic E-state index is 6.23. The Morgan fingerprint density at radius 2 is 1.71 bits per heavy atom. The quantitative estimate of drug-likeness (QED) is 0.545. The molecule has 0 unspecified atom stereocenters. The monoisotopic (exact) mass is 398 g/mol. The number of methoxy groups -OCH3 is 2. The molecule has 0 saturated heterocycles. The van der Waals surface area contributed by atoms with Crippen molar-refractivity contribution in [2.75, 3.05) is 20.0 Å². The highest BCUT2D eigenvalue weighted by molar-refractivity contribution is 6.30. The molecule has 9 nitrogen and oxygen atoms in total. The molecule has 0 saturated carbocycles. The number of benzene rings is 2. The lowest BCUT2D eigenvalue weighted by Crippen LogP contribution is -2.03. The van der Waals surface area contributed by atoms with Gasteiger partial charge in [0.1, 0.15) is 11.5 Å². The molecule has 2 N–H and O–H groups in total. The average molecular weight is 399 g/mol. The van der Waals surface area contributed by atoms with Crippen LogP contribution < -0.4 is 15.2 Å². The summed E-state index contributed by atoms with van der Waals surface area (Å²) in [5.74, 6) is 1.97. The second-order valence-corrected chi connectivity index (χ2v) is 6.17. The lowest BCUT2D eigenvalue weighted by Gasteiger charge is -2.08. The molecule has 2 aromatic carbocycles. The predicted octanol–water partition coefficient (Wildman–Crippen LogP) is 3.24. The van der Waals surface area contributed by atoms with Gasteiger partial charge in [-0.3, -0.25) is 0 Å². The molecule has 0 aliphatic carbocycles. The Morgan fingerprint density at radius 3 is 2.36 bits per heavy atom. The largest absolute Gasteiger partial charge is 0.497 e. The van der Waals surface area contributed by atoms with E-state index in [4.69, 9.17) is 31.3 Å². The first-order chi connectivity index (χ1) is 13.6. The van der Waals surface area contributed by atoms with Crippen LogP contribution in [0.3, 0.4) is 0 Å². The zero-order valence-corrected chi connectivity index (χ0v) is 15.7. The Labute approximate surface area is 164 Å². The molecule has 0 aliphatic heterocycles. The van der Waals surface area contributed by atoms with Crippen molar-refractivity contribution >= 4 is 17.4 Å². The highest BCUT2D eigenvalue weighted by Gasteiger charge is 2.20. The van der Waals surface area contributed by atoms with Crippen molar-refractivity contribution in [2.24, 2.45) is 0 Å². The van der Waals surface area contributed by atoms with E-state index in [-0.39, 0.29) is 17.4 Å². The predicted molar refractivity (Wildman–Crippen MR) is 103 cm³/mol. The third-order valence-corrected chi connectivity index (χ3v) is 4.27. The summed E-state index contributed by atoms with van der Waals surface area (Å²) in [7, 11) is 3.12. The van der Waals surface area contributed by atoms with Crippen LogP contribution in [0.15, 0.2) is 47.0 Å². The average Bonchev–Trinajstić information content (AvgIpc) is 3.34. The molecular weight excluding hydrogens is 384 g/mol. The van der Waals surface area contributed by atoms with Gasteiger partial charge in [-0.05, 0) is 24.3 Å². The van der Waals surface area contributed by atoms with E-state index >= 15 is 0 Å². The van der Waals surface area contributed by atoms with E-state index in [2.05, 4.69) is 20.5 Å². The first-order valence-corrected chi connectivity index (χ1v) is 8.51. The van der Waals surface area contributed by atoms with Gasteiger partial charge in [0.15, 0.2) is 11.5 Å². The van der Waals surface area contributed by atoms with E-state index in [1.54, 1.807) is 56.7 Å². The zero-order chi connectivity index (χ0) is 19.7. The van der Waals surface area contributed by atoms with Gasteiger partial charge in [0.2, 0.25) is 5.82 Å². The molecule has 2 aromatic heterocycles. The fraction of sp³-hybridized carbons (Fsp3) is 0.111. The zero-order valence-electron chi connectivity index (χ0n) is 15.0. The topological polar surface area (TPSA) is 114 Å². The van der Waals surface area contributed by atoms with Gasteiger partial charge in [0, 0.05) is 28.8 Å². The van der Waals surface area contributed by atoms with Crippen molar-refractivity contribution in [3.05, 3.63) is 47.5 Å². The summed E-state index contributed by atoms with van der Waals surface area (Å²) in [6.45, 7) is 0. The van der Waals surface area contributed by atoms with Gasteiger partial charge in [-0.2, -0.15) is 9.67 Å². The minimum absolute atomic E-state index is 0.156. The van der Waals surface area contributed by atoms with Crippen molar-refractivity contribution in [3.63, 3.8) is 0 Å². The van der Waals surface area contributed by atoms with Crippen LogP contribution in [0.5, 0.6) is 11.5 Å². The van der Waals surface area contributed by atoms with Crippen LogP contribution in [-0.2, 0) is 0 Å². The van der Waals surface area contributed by atoms with Crippen molar-refractivity contribution in [2.45, 2.75) is 0 Å². The van der Waals surface area contributed by atoms with Crippen molar-refractivity contribution in [1.29, 1.82) is 0 Å². The smallest absolute Gasteiger partial charge is 0.282 e. The second-order valence-electron chi connectivity index (χ2n) is 5.74. The number of nitrogen functional groups attached to an aromatic ring is 1. The molecule has 0 amide bonds. The third kappa shape index (κ3) is 3.23. The normalized spacial score (nSPS) is 10.8. The molecule has 0 atom stereocenters. The molecule has 10 heteroatoms. The van der Waals surface area contributed by atoms with Crippen LogP contribution in [0, 0.1) is 0 Å². The number of hydrogen-bond acceptors (Lipinski definition) is 8. The molecule has 0 spiro atoms. The maximum absolute atomic E-state index is 6.23. The fourth-order valence-electron chi connectivity index (χ4n) is 2.58. The van der Waals surface area contributed by atoms with E-state index in [0.717, 1.165) is 5.56 Å². The van der Waals surface area contributed by atoms with Crippen LogP contribution in [0.4, 0.5) is 5.82 Å². The molecule has 0 radical (unpaired) electrons. The van der Waals surface area contributed by atoms with E-state index < -0.39 is 0 Å². The Bertz CT molecular complexity index is 1100. The highest BCUT2D eigenvalue weighted by Crippen LogP contribution is 2.30. The van der Waals surface area contributed by atoms with Crippen LogP contribution in [0.2, 0.25) is 5.02 Å². The van der Waals surface area contributed by atoms with Gasteiger partial charge in [-0.25, -0.2) is 0 Å². The second kappa shape index (κ2) is 7.20. The van der Waals surface area contributed by atoms with Crippen LogP contribution in [-0.4, -0.2) is 39.4 Å². The summed E-state index contributed by atoms with van der Waals surface area (Å²) in [6, 6.07) is 12.3. The fourth-order valence-corrected chi connectivity index (χ4v) is 2.71. The van der Waals surface area contributed by atoms with Crippen molar-refractivity contribution < 1.29 is 14.0 Å². The van der Waals surface area contributed by atoms with E-state index in [1.807, 2.05) is 0 Å². The highest BCUT2D eigenvalue weighted by atomic mass is 35.5. The van der Waals surface area contributed by atoms with Crippen molar-refractivity contribution in [3.8, 4) is 40.2 Å². The summed E-state index contributed by atoms with van der Waals surface area (Å²) < 4.78 is 17.3. The molecule has 0 aliphatic rings. The maximum Gasteiger partial charge on any atom is 0.282 e. The number of ether oxygens (including phenoxy) is 2. The SMILES string of the molecule is COc1cc(OC)cc(-n2nnc(-c3nc(-c4ccc(Cl)cc4)no3)c2N)c1. The number of nitrogens with two attached hydrogens (primary N) is 1. The summed E-state index contributed by atoms with van der Waals surface area (Å²) in [6.07, 6.45) is 0. The van der Waals surface area contributed by atoms with Gasteiger partial charge in [-0.15, -0.1) is 5.10 Å². The lowest BCUT2D eigenvalue weighted by atomic mass is 10.2. The molecule has 2 heterocycles. The Morgan fingerprint density at radius 1 is 1.04 bits per heavy atom. The Hall–Kier alpha value is -3.59. The number of halogens is 1. The summed E-state index contributed by atoms with van der Waals surface area (Å²) in [4.78, 5) is 4.35. The molecule has 0 bridgehead atoms. The van der Waals surface area contributed by atoms with E-state index in [0.29, 0.717) is 28.0 Å². The Balaban J connectivity index is 1.71. The third-order valence-electron chi connectivity index (χ3n) is 4.02. The molecule has 4 rings (SSSR count). The van der Waals surface area contributed by atoms with Crippen molar-refractivity contribution in [1.82, 2.24) is 25.1 Å². The summed E-state index contributed by atoms with van der Waals surface area (Å²) in [5, 5.41) is 12.8. The summed E-state index contributed by atoms with van der Waals surface area (Å²) >= 11 is 5.91. The number of anilines is 1. The summed E-state index contributed by atoms with van der Waals surface area (Å²) in [5.41, 5.74) is 7.87. The van der Waals surface area contributed by atoms with Crippen LogP contribution in [0.1, 0.15) is 0 Å². The van der Waals surface area contributed by atoms with Gasteiger partial charge < -0.3 is 19.7 Å². The Kier molecular flexibility index (Phi) is 4.58. The number of nitrogens with zero attached hydrogens (tertiary/aromatic N) is 5. The van der Waals surface area contributed by atoms with Gasteiger partial charge in [-0.1, -0.05) is 22.0 Å². The number of aromatic nitrogens is 5.